The molecule has 0 aromatic heterocycles. The summed E-state index contributed by atoms with van der Waals surface area (Å²) in [5.41, 5.74) is 0.118. The molecule has 0 aromatic rings. The molecule has 92 valence electrons. The van der Waals surface area contributed by atoms with Crippen molar-refractivity contribution < 1.29 is 9.59 Å². The van der Waals surface area contributed by atoms with E-state index in [-0.39, 0.29) is 23.8 Å². The van der Waals surface area contributed by atoms with Crippen molar-refractivity contribution in [1.82, 2.24) is 10.6 Å². The van der Waals surface area contributed by atoms with Crippen LogP contribution in [-0.2, 0) is 9.59 Å². The molecule has 1 rings (SSSR count). The Labute approximate surface area is 102 Å². The van der Waals surface area contributed by atoms with E-state index >= 15 is 0 Å². The predicted molar refractivity (Wildman–Crippen MR) is 66.4 cm³/mol. The van der Waals surface area contributed by atoms with E-state index in [0.29, 0.717) is 13.0 Å². The van der Waals surface area contributed by atoms with Crippen LogP contribution < -0.4 is 10.6 Å². The van der Waals surface area contributed by atoms with Crippen LogP contribution in [-0.4, -0.2) is 30.7 Å². The number of hydrogen-bond acceptors (Lipinski definition) is 3. The van der Waals surface area contributed by atoms with E-state index in [1.165, 1.54) is 0 Å². The molecule has 1 aliphatic rings. The van der Waals surface area contributed by atoms with Crippen LogP contribution in [0.5, 0.6) is 0 Å². The first-order valence-electron chi connectivity index (χ1n) is 5.76. The zero-order valence-electron chi connectivity index (χ0n) is 9.71. The van der Waals surface area contributed by atoms with Crippen LogP contribution in [0.2, 0.25) is 0 Å². The highest BCUT2D eigenvalue weighted by Gasteiger charge is 2.42. The van der Waals surface area contributed by atoms with E-state index in [4.69, 9.17) is 0 Å². The lowest BCUT2D eigenvalue weighted by Gasteiger charge is -2.11. The molecule has 0 radical (unpaired) electrons. The quantitative estimate of drug-likeness (QED) is 0.578. The van der Waals surface area contributed by atoms with Crippen LogP contribution in [0.15, 0.2) is 0 Å². The SMILES string of the molecule is CCCNC(=O)CNC(=O)CC1(CS)CC1. The molecule has 0 aliphatic heterocycles. The summed E-state index contributed by atoms with van der Waals surface area (Å²) in [5.74, 6) is 0.590. The smallest absolute Gasteiger partial charge is 0.239 e. The maximum Gasteiger partial charge on any atom is 0.239 e. The summed E-state index contributed by atoms with van der Waals surface area (Å²) in [6.45, 7) is 2.74. The number of thiol groups is 1. The van der Waals surface area contributed by atoms with Gasteiger partial charge in [-0.15, -0.1) is 0 Å². The molecule has 2 amide bonds. The first kappa shape index (κ1) is 13.4. The predicted octanol–water partition coefficient (Wildman–Crippen LogP) is 0.729. The number of carbonyl (C=O) groups is 2. The highest BCUT2D eigenvalue weighted by Crippen LogP contribution is 2.49. The van der Waals surface area contributed by atoms with Crippen molar-refractivity contribution >= 4 is 24.4 Å². The van der Waals surface area contributed by atoms with Gasteiger partial charge >= 0.3 is 0 Å². The van der Waals surface area contributed by atoms with Crippen LogP contribution >= 0.6 is 12.6 Å². The Balaban J connectivity index is 2.13. The van der Waals surface area contributed by atoms with E-state index in [1.807, 2.05) is 6.92 Å². The van der Waals surface area contributed by atoms with Crippen molar-refractivity contribution in [3.05, 3.63) is 0 Å². The molecule has 0 bridgehead atoms. The maximum atomic E-state index is 11.5. The van der Waals surface area contributed by atoms with Gasteiger partial charge in [-0.25, -0.2) is 0 Å². The van der Waals surface area contributed by atoms with Crippen LogP contribution in [0.3, 0.4) is 0 Å². The first-order valence-corrected chi connectivity index (χ1v) is 6.39. The molecule has 4 nitrogen and oxygen atoms in total. The number of rotatable bonds is 7. The molecule has 16 heavy (non-hydrogen) atoms. The average Bonchev–Trinajstić information content (AvgIpc) is 3.04. The lowest BCUT2D eigenvalue weighted by molar-refractivity contribution is -0.126. The van der Waals surface area contributed by atoms with Gasteiger partial charge in [0.15, 0.2) is 0 Å². The molecule has 0 aromatic carbocycles. The van der Waals surface area contributed by atoms with E-state index < -0.39 is 0 Å². The monoisotopic (exact) mass is 244 g/mol. The average molecular weight is 244 g/mol. The molecule has 0 unspecified atom stereocenters. The summed E-state index contributed by atoms with van der Waals surface area (Å²) >= 11 is 4.23. The van der Waals surface area contributed by atoms with Crippen molar-refractivity contribution in [3.8, 4) is 0 Å². The second kappa shape index (κ2) is 6.13. The third kappa shape index (κ3) is 4.43. The fraction of sp³-hybridized carbons (Fsp3) is 0.818. The van der Waals surface area contributed by atoms with Gasteiger partial charge in [0.05, 0.1) is 6.54 Å². The van der Waals surface area contributed by atoms with Gasteiger partial charge < -0.3 is 10.6 Å². The van der Waals surface area contributed by atoms with Crippen LogP contribution in [0.4, 0.5) is 0 Å². The molecular formula is C11H20N2O2S. The Morgan fingerprint density at radius 2 is 1.94 bits per heavy atom. The van der Waals surface area contributed by atoms with Crippen molar-refractivity contribution in [2.24, 2.45) is 5.41 Å². The Morgan fingerprint density at radius 3 is 2.44 bits per heavy atom. The van der Waals surface area contributed by atoms with Gasteiger partial charge in [0, 0.05) is 13.0 Å². The molecule has 2 N–H and O–H groups in total. The van der Waals surface area contributed by atoms with Gasteiger partial charge in [0.25, 0.3) is 0 Å². The van der Waals surface area contributed by atoms with Gasteiger partial charge in [0.1, 0.15) is 0 Å². The summed E-state index contributed by atoms with van der Waals surface area (Å²) in [6.07, 6.45) is 3.55. The summed E-state index contributed by atoms with van der Waals surface area (Å²) in [4.78, 5) is 22.7. The van der Waals surface area contributed by atoms with Crippen LogP contribution in [0.1, 0.15) is 32.6 Å². The molecular weight excluding hydrogens is 224 g/mol. The first-order chi connectivity index (χ1) is 7.62. The largest absolute Gasteiger partial charge is 0.355 e. The molecule has 0 heterocycles. The molecule has 0 spiro atoms. The van der Waals surface area contributed by atoms with Crippen molar-refractivity contribution in [2.75, 3.05) is 18.8 Å². The van der Waals surface area contributed by atoms with Gasteiger partial charge in [-0.2, -0.15) is 12.6 Å². The highest BCUT2D eigenvalue weighted by atomic mass is 32.1. The topological polar surface area (TPSA) is 58.2 Å². The minimum absolute atomic E-state index is 0.0433. The van der Waals surface area contributed by atoms with Crippen molar-refractivity contribution in [1.29, 1.82) is 0 Å². The zero-order valence-corrected chi connectivity index (χ0v) is 10.6. The fourth-order valence-corrected chi connectivity index (χ4v) is 1.90. The summed E-state index contributed by atoms with van der Waals surface area (Å²) in [6, 6.07) is 0. The third-order valence-electron chi connectivity index (χ3n) is 2.85. The fourth-order valence-electron chi connectivity index (χ4n) is 1.48. The second-order valence-corrected chi connectivity index (χ2v) is 4.78. The minimum Gasteiger partial charge on any atom is -0.355 e. The lowest BCUT2D eigenvalue weighted by atomic mass is 10.1. The molecule has 1 fully saturated rings. The lowest BCUT2D eigenvalue weighted by Crippen LogP contribution is -2.38. The summed E-state index contributed by atoms with van der Waals surface area (Å²) < 4.78 is 0. The van der Waals surface area contributed by atoms with Crippen molar-refractivity contribution in [3.63, 3.8) is 0 Å². The molecule has 0 atom stereocenters. The van der Waals surface area contributed by atoms with Gasteiger partial charge in [-0.1, -0.05) is 6.92 Å². The molecule has 1 saturated carbocycles. The minimum atomic E-state index is -0.120. The normalized spacial score (nSPS) is 16.6. The van der Waals surface area contributed by atoms with E-state index in [0.717, 1.165) is 25.0 Å². The Kier molecular flexibility index (Phi) is 5.12. The highest BCUT2D eigenvalue weighted by molar-refractivity contribution is 7.80. The third-order valence-corrected chi connectivity index (χ3v) is 3.52. The standard InChI is InChI=1S/C11H20N2O2S/c1-2-5-12-10(15)7-13-9(14)6-11(8-16)3-4-11/h16H,2-8H2,1H3,(H,12,15)(H,13,14). The van der Waals surface area contributed by atoms with E-state index in [9.17, 15) is 9.59 Å². The maximum absolute atomic E-state index is 11.5. The van der Waals surface area contributed by atoms with Gasteiger partial charge in [-0.05, 0) is 30.4 Å². The Bertz CT molecular complexity index is 265. The number of hydrogen-bond donors (Lipinski definition) is 3. The zero-order chi connectivity index (χ0) is 12.0. The molecule has 1 aliphatic carbocycles. The second-order valence-electron chi connectivity index (χ2n) is 4.46. The van der Waals surface area contributed by atoms with Gasteiger partial charge in [0.2, 0.25) is 11.8 Å². The number of amides is 2. The summed E-state index contributed by atoms with van der Waals surface area (Å²) in [7, 11) is 0. The van der Waals surface area contributed by atoms with Crippen LogP contribution in [0, 0.1) is 5.41 Å². The Morgan fingerprint density at radius 1 is 1.25 bits per heavy atom. The van der Waals surface area contributed by atoms with E-state index in [1.54, 1.807) is 0 Å². The van der Waals surface area contributed by atoms with Gasteiger partial charge in [-0.3, -0.25) is 9.59 Å². The molecule has 5 heteroatoms. The van der Waals surface area contributed by atoms with Crippen LogP contribution in [0.25, 0.3) is 0 Å². The van der Waals surface area contributed by atoms with E-state index in [2.05, 4.69) is 23.3 Å². The summed E-state index contributed by atoms with van der Waals surface area (Å²) in [5, 5.41) is 5.35. The van der Waals surface area contributed by atoms with Crippen molar-refractivity contribution in [2.45, 2.75) is 32.6 Å². The Hall–Kier alpha value is -0.710. The number of carbonyl (C=O) groups excluding carboxylic acids is 2. The number of nitrogens with one attached hydrogen (secondary N) is 2. The molecule has 0 saturated heterocycles.